The highest BCUT2D eigenvalue weighted by molar-refractivity contribution is 5.89. The fourth-order valence-electron chi connectivity index (χ4n) is 4.18. The summed E-state index contributed by atoms with van der Waals surface area (Å²) >= 11 is 0. The number of nitrogens with zero attached hydrogens (tertiary/aromatic N) is 1. The monoisotopic (exact) mass is 362 g/mol. The van der Waals surface area contributed by atoms with E-state index in [1.165, 1.54) is 0 Å². The normalized spacial score (nSPS) is 25.6. The van der Waals surface area contributed by atoms with Crippen LogP contribution in [0.2, 0.25) is 0 Å². The van der Waals surface area contributed by atoms with Crippen LogP contribution in [-0.2, 0) is 4.79 Å². The number of hydrogen-bond donors (Lipinski definition) is 3. The van der Waals surface area contributed by atoms with Gasteiger partial charge in [-0.2, -0.15) is 0 Å². The molecule has 1 saturated carbocycles. The summed E-state index contributed by atoms with van der Waals surface area (Å²) in [6.45, 7) is 0.863. The van der Waals surface area contributed by atoms with E-state index >= 15 is 0 Å². The molecule has 1 aromatic carbocycles. The third kappa shape index (κ3) is 3.96. The summed E-state index contributed by atoms with van der Waals surface area (Å²) in [5, 5.41) is 23.1. The molecule has 3 rings (SSSR count). The van der Waals surface area contributed by atoms with Crippen molar-refractivity contribution in [3.05, 3.63) is 24.3 Å². The Labute approximate surface area is 155 Å². The van der Waals surface area contributed by atoms with Gasteiger partial charge >= 0.3 is 0 Å². The number of rotatable bonds is 5. The summed E-state index contributed by atoms with van der Waals surface area (Å²) in [4.78, 5) is 15.2. The van der Waals surface area contributed by atoms with Crippen molar-refractivity contribution in [2.75, 3.05) is 32.1 Å². The SMILES string of the molecule is COc1ccc(NC2(C(=O)N3CC[C@H](CO)[C@H](O)C3)CCCCC2)cc1. The third-order valence-corrected chi connectivity index (χ3v) is 5.83. The van der Waals surface area contributed by atoms with Gasteiger partial charge in [-0.1, -0.05) is 19.3 Å². The highest BCUT2D eigenvalue weighted by atomic mass is 16.5. The number of aliphatic hydroxyl groups is 2. The molecular weight excluding hydrogens is 332 g/mol. The van der Waals surface area contributed by atoms with Crippen LogP contribution in [0.4, 0.5) is 5.69 Å². The van der Waals surface area contributed by atoms with Gasteiger partial charge in [-0.15, -0.1) is 0 Å². The average molecular weight is 362 g/mol. The number of carbonyl (C=O) groups is 1. The molecule has 0 spiro atoms. The molecule has 2 aliphatic rings. The average Bonchev–Trinajstić information content (AvgIpc) is 2.68. The summed E-state index contributed by atoms with van der Waals surface area (Å²) in [7, 11) is 1.63. The molecule has 6 heteroatoms. The molecule has 1 heterocycles. The third-order valence-electron chi connectivity index (χ3n) is 5.83. The Balaban J connectivity index is 1.77. The van der Waals surface area contributed by atoms with Crippen molar-refractivity contribution in [1.29, 1.82) is 0 Å². The van der Waals surface area contributed by atoms with Crippen LogP contribution in [0.3, 0.4) is 0 Å². The fraction of sp³-hybridized carbons (Fsp3) is 0.650. The van der Waals surface area contributed by atoms with E-state index in [9.17, 15) is 15.0 Å². The van der Waals surface area contributed by atoms with Gasteiger partial charge in [0.05, 0.1) is 13.2 Å². The van der Waals surface area contributed by atoms with Crippen molar-refractivity contribution in [3.8, 4) is 5.75 Å². The van der Waals surface area contributed by atoms with E-state index in [4.69, 9.17) is 4.74 Å². The molecule has 2 atom stereocenters. The van der Waals surface area contributed by atoms with Crippen molar-refractivity contribution in [2.24, 2.45) is 5.92 Å². The number of piperidine rings is 1. The first-order valence-corrected chi connectivity index (χ1v) is 9.58. The minimum absolute atomic E-state index is 0.0293. The fourth-order valence-corrected chi connectivity index (χ4v) is 4.18. The van der Waals surface area contributed by atoms with Crippen LogP contribution in [-0.4, -0.2) is 59.5 Å². The van der Waals surface area contributed by atoms with E-state index in [2.05, 4.69) is 5.32 Å². The lowest BCUT2D eigenvalue weighted by Gasteiger charge is -2.44. The number of β-amino-alcohol motifs (C(OH)–C–C–N with tert-alkyl or cyclic N) is 1. The molecule has 0 unspecified atom stereocenters. The van der Waals surface area contributed by atoms with E-state index in [-0.39, 0.29) is 18.4 Å². The quantitative estimate of drug-likeness (QED) is 0.746. The van der Waals surface area contributed by atoms with Crippen molar-refractivity contribution in [2.45, 2.75) is 50.2 Å². The first kappa shape index (κ1) is 19.0. The summed E-state index contributed by atoms with van der Waals surface area (Å²) in [6, 6.07) is 7.66. The smallest absolute Gasteiger partial charge is 0.248 e. The van der Waals surface area contributed by atoms with Gasteiger partial charge in [0.1, 0.15) is 11.3 Å². The van der Waals surface area contributed by atoms with E-state index in [0.29, 0.717) is 19.5 Å². The summed E-state index contributed by atoms with van der Waals surface area (Å²) in [5.74, 6) is 0.730. The van der Waals surface area contributed by atoms with Crippen molar-refractivity contribution in [1.82, 2.24) is 4.90 Å². The van der Waals surface area contributed by atoms with E-state index in [0.717, 1.165) is 43.5 Å². The molecule has 3 N–H and O–H groups in total. The zero-order valence-corrected chi connectivity index (χ0v) is 15.5. The minimum atomic E-state index is -0.653. The largest absolute Gasteiger partial charge is 0.497 e. The molecule has 2 fully saturated rings. The molecule has 1 aliphatic heterocycles. The molecule has 0 aromatic heterocycles. The second-order valence-electron chi connectivity index (χ2n) is 7.55. The van der Waals surface area contributed by atoms with Crippen LogP contribution >= 0.6 is 0 Å². The maximum atomic E-state index is 13.4. The number of amides is 1. The molecule has 1 aromatic rings. The van der Waals surface area contributed by atoms with E-state index in [1.807, 2.05) is 24.3 Å². The topological polar surface area (TPSA) is 82.0 Å². The first-order valence-electron chi connectivity index (χ1n) is 9.58. The van der Waals surface area contributed by atoms with E-state index < -0.39 is 11.6 Å². The summed E-state index contributed by atoms with van der Waals surface area (Å²) < 4.78 is 5.21. The molecule has 26 heavy (non-hydrogen) atoms. The molecule has 0 radical (unpaired) electrons. The predicted octanol–water partition coefficient (Wildman–Crippen LogP) is 2.01. The highest BCUT2D eigenvalue weighted by Gasteiger charge is 2.44. The number of nitrogens with one attached hydrogen (secondary N) is 1. The Morgan fingerprint density at radius 3 is 2.54 bits per heavy atom. The van der Waals surface area contributed by atoms with Crippen LogP contribution in [0.15, 0.2) is 24.3 Å². The van der Waals surface area contributed by atoms with E-state index in [1.54, 1.807) is 12.0 Å². The maximum Gasteiger partial charge on any atom is 0.248 e. The lowest BCUT2D eigenvalue weighted by Crippen LogP contribution is -2.59. The van der Waals surface area contributed by atoms with Gasteiger partial charge < -0.3 is 25.2 Å². The molecule has 1 saturated heterocycles. The van der Waals surface area contributed by atoms with Crippen LogP contribution in [0, 0.1) is 5.92 Å². The number of ether oxygens (including phenoxy) is 1. The number of carbonyl (C=O) groups excluding carboxylic acids is 1. The minimum Gasteiger partial charge on any atom is -0.497 e. The second-order valence-corrected chi connectivity index (χ2v) is 7.55. The Morgan fingerprint density at radius 2 is 1.96 bits per heavy atom. The highest BCUT2D eigenvalue weighted by Crippen LogP contribution is 2.35. The number of methoxy groups -OCH3 is 1. The van der Waals surface area contributed by atoms with Crippen LogP contribution in [0.1, 0.15) is 38.5 Å². The second kappa shape index (κ2) is 8.27. The molecular formula is C20H30N2O4. The Bertz CT molecular complexity index is 598. The first-order chi connectivity index (χ1) is 12.6. The number of anilines is 1. The van der Waals surface area contributed by atoms with Crippen molar-refractivity contribution < 1.29 is 19.7 Å². The van der Waals surface area contributed by atoms with Gasteiger partial charge in [-0.3, -0.25) is 4.79 Å². The number of hydrogen-bond acceptors (Lipinski definition) is 5. The molecule has 1 aliphatic carbocycles. The molecule has 144 valence electrons. The molecule has 0 bridgehead atoms. The van der Waals surface area contributed by atoms with Gasteiger partial charge in [-0.25, -0.2) is 0 Å². The maximum absolute atomic E-state index is 13.4. The lowest BCUT2D eigenvalue weighted by atomic mass is 9.79. The van der Waals surface area contributed by atoms with Crippen molar-refractivity contribution >= 4 is 11.6 Å². The van der Waals surface area contributed by atoms with Gasteiger partial charge in [-0.05, 0) is 43.5 Å². The Morgan fingerprint density at radius 1 is 1.27 bits per heavy atom. The van der Waals surface area contributed by atoms with Gasteiger partial charge in [0.25, 0.3) is 0 Å². The van der Waals surface area contributed by atoms with Crippen LogP contribution < -0.4 is 10.1 Å². The zero-order valence-electron chi connectivity index (χ0n) is 15.5. The Hall–Kier alpha value is -1.79. The van der Waals surface area contributed by atoms with Gasteiger partial charge in [0.15, 0.2) is 0 Å². The predicted molar refractivity (Wildman–Crippen MR) is 100 cm³/mol. The standard InChI is InChI=1S/C20H30N2O4/c1-26-17-7-5-16(6-8-17)21-20(10-3-2-4-11-20)19(25)22-12-9-15(14-23)18(24)13-22/h5-8,15,18,21,23-24H,2-4,9-14H2,1H3/t15-,18-/m1/s1. The van der Waals surface area contributed by atoms with Crippen LogP contribution in [0.25, 0.3) is 0 Å². The number of aliphatic hydroxyl groups excluding tert-OH is 2. The summed E-state index contributed by atoms with van der Waals surface area (Å²) in [5.41, 5.74) is 0.297. The number of likely N-dealkylation sites (tertiary alicyclic amines) is 1. The summed E-state index contributed by atoms with van der Waals surface area (Å²) in [6.07, 6.45) is 4.77. The van der Waals surface area contributed by atoms with Gasteiger partial charge in [0, 0.05) is 31.3 Å². The van der Waals surface area contributed by atoms with Crippen LogP contribution in [0.5, 0.6) is 5.75 Å². The molecule has 1 amide bonds. The lowest BCUT2D eigenvalue weighted by molar-refractivity contribution is -0.142. The van der Waals surface area contributed by atoms with Crippen molar-refractivity contribution in [3.63, 3.8) is 0 Å². The Kier molecular flexibility index (Phi) is 6.04. The zero-order chi connectivity index (χ0) is 18.6. The number of benzene rings is 1. The van der Waals surface area contributed by atoms with Gasteiger partial charge in [0.2, 0.25) is 5.91 Å². The molecule has 6 nitrogen and oxygen atoms in total.